The molecule has 5 N–H and O–H groups in total. The van der Waals surface area contributed by atoms with E-state index < -0.39 is 24.7 Å². The average Bonchev–Trinajstić information content (AvgIpc) is 3.18. The van der Waals surface area contributed by atoms with Gasteiger partial charge in [-0.3, -0.25) is 4.79 Å². The fourth-order valence-corrected chi connectivity index (χ4v) is 3.60. The number of amides is 1. The van der Waals surface area contributed by atoms with Crippen LogP contribution in [-0.2, 0) is 10.3 Å². The lowest BCUT2D eigenvalue weighted by atomic mass is 9.81. The lowest BCUT2D eigenvalue weighted by Gasteiger charge is -2.42. The van der Waals surface area contributed by atoms with Crippen molar-refractivity contribution in [2.75, 3.05) is 13.1 Å². The first-order valence-corrected chi connectivity index (χ1v) is 9.36. The molecule has 0 aliphatic carbocycles. The Labute approximate surface area is 172 Å². The number of likely N-dealkylation sites (tertiary alicyclic amines) is 1. The van der Waals surface area contributed by atoms with Gasteiger partial charge in [-0.25, -0.2) is 9.78 Å². The van der Waals surface area contributed by atoms with Gasteiger partial charge in [-0.1, -0.05) is 0 Å². The highest BCUT2D eigenvalue weighted by Gasteiger charge is 2.42. The Bertz CT molecular complexity index is 1030. The fourth-order valence-electron chi connectivity index (χ4n) is 3.60. The maximum Gasteiger partial charge on any atom is 0.552 e. The van der Waals surface area contributed by atoms with E-state index in [-0.39, 0.29) is 36.1 Å². The number of aromatic amines is 1. The normalized spacial score (nSPS) is 17.9. The van der Waals surface area contributed by atoms with E-state index >= 15 is 0 Å². The van der Waals surface area contributed by atoms with Crippen LogP contribution in [0.3, 0.4) is 0 Å². The summed E-state index contributed by atoms with van der Waals surface area (Å²) in [6.07, 6.45) is 2.56. The second-order valence-electron chi connectivity index (χ2n) is 7.60. The number of nitrogens with zero attached hydrogens (tertiary/aromatic N) is 2. The summed E-state index contributed by atoms with van der Waals surface area (Å²) >= 11 is 0. The van der Waals surface area contributed by atoms with E-state index in [1.165, 1.54) is 23.4 Å². The van der Waals surface area contributed by atoms with E-state index in [0.717, 1.165) is 0 Å². The van der Waals surface area contributed by atoms with Crippen LogP contribution in [0.15, 0.2) is 30.6 Å². The third-order valence-electron chi connectivity index (χ3n) is 5.32. The number of nitrogens with two attached hydrogens (primary N) is 1. The van der Waals surface area contributed by atoms with E-state index in [1.54, 1.807) is 26.0 Å². The topological polar surface area (TPSA) is 151 Å². The molecule has 11 heteroatoms. The monoisotopic (exact) mass is 412 g/mol. The Kier molecular flexibility index (Phi) is 4.79. The third kappa shape index (κ3) is 3.31. The lowest BCUT2D eigenvalue weighted by molar-refractivity contribution is -0.145. The van der Waals surface area contributed by atoms with Crippen LogP contribution < -0.4 is 15.1 Å². The van der Waals surface area contributed by atoms with Crippen molar-refractivity contribution in [3.05, 3.63) is 47.5 Å². The third-order valence-corrected chi connectivity index (χ3v) is 5.32. The quantitative estimate of drug-likeness (QED) is 0.515. The molecule has 2 aromatic rings. The van der Waals surface area contributed by atoms with Crippen LogP contribution in [-0.4, -0.2) is 63.2 Å². The molecule has 0 bridgehead atoms. The number of carbonyl (C=O) groups excluding carboxylic acids is 1. The molecule has 1 atom stereocenters. The van der Waals surface area contributed by atoms with E-state index in [1.807, 2.05) is 0 Å². The molecular formula is C19H21BN4O6. The summed E-state index contributed by atoms with van der Waals surface area (Å²) < 4.78 is 11.2. The number of aromatic carboxylic acids is 1. The number of H-pyrrole nitrogens is 1. The van der Waals surface area contributed by atoms with E-state index in [9.17, 15) is 19.7 Å². The van der Waals surface area contributed by atoms with Crippen LogP contribution in [0.25, 0.3) is 5.57 Å². The van der Waals surface area contributed by atoms with Crippen LogP contribution in [0.4, 0.5) is 0 Å². The van der Waals surface area contributed by atoms with Crippen molar-refractivity contribution in [2.24, 2.45) is 5.73 Å². The van der Waals surface area contributed by atoms with Crippen molar-refractivity contribution >= 4 is 24.6 Å². The number of rotatable bonds is 5. The summed E-state index contributed by atoms with van der Waals surface area (Å²) in [5.41, 5.74) is 6.54. The number of fused-ring (bicyclic) bond motifs is 1. The number of allylic oxidation sites excluding steroid dienone is 1. The molecule has 156 valence electrons. The van der Waals surface area contributed by atoms with Crippen LogP contribution >= 0.6 is 0 Å². The van der Waals surface area contributed by atoms with Gasteiger partial charge in [0.05, 0.1) is 31.3 Å². The zero-order valence-electron chi connectivity index (χ0n) is 16.5. The maximum absolute atomic E-state index is 12.7. The predicted octanol–water partition coefficient (Wildman–Crippen LogP) is 0.387. The van der Waals surface area contributed by atoms with Gasteiger partial charge < -0.3 is 35.1 Å². The zero-order valence-corrected chi connectivity index (χ0v) is 16.5. The average molecular weight is 412 g/mol. The minimum absolute atomic E-state index is 0.0635. The number of imidazole rings is 1. The second kappa shape index (κ2) is 7.19. The highest BCUT2D eigenvalue weighted by molar-refractivity contribution is 6.52. The molecule has 0 saturated carbocycles. The molecule has 3 heterocycles. The Hall–Kier alpha value is -3.31. The number of carbonyl (C=O) groups is 2. The van der Waals surface area contributed by atoms with E-state index in [4.69, 9.17) is 15.1 Å². The van der Waals surface area contributed by atoms with Crippen LogP contribution in [0, 0.1) is 0 Å². The molecule has 1 saturated heterocycles. The largest absolute Gasteiger partial charge is 0.552 e. The van der Waals surface area contributed by atoms with Crippen LogP contribution in [0.5, 0.6) is 11.5 Å². The molecular weight excluding hydrogens is 391 g/mol. The van der Waals surface area contributed by atoms with Gasteiger partial charge in [-0.15, -0.1) is 0 Å². The lowest BCUT2D eigenvalue weighted by Crippen LogP contribution is -2.62. The van der Waals surface area contributed by atoms with Crippen molar-refractivity contribution in [3.63, 3.8) is 0 Å². The summed E-state index contributed by atoms with van der Waals surface area (Å²) in [7, 11) is -1.23. The Balaban J connectivity index is 1.49. The summed E-state index contributed by atoms with van der Waals surface area (Å²) in [6.45, 7) is 3.88. The number of aromatic nitrogens is 2. The summed E-state index contributed by atoms with van der Waals surface area (Å²) in [5.74, 6) is 0.151. The van der Waals surface area contributed by atoms with Gasteiger partial charge >= 0.3 is 13.1 Å². The maximum atomic E-state index is 12.7. The van der Waals surface area contributed by atoms with Crippen molar-refractivity contribution < 1.29 is 29.1 Å². The van der Waals surface area contributed by atoms with Gasteiger partial charge in [-0.2, -0.15) is 0 Å². The molecule has 1 amide bonds. The summed E-state index contributed by atoms with van der Waals surface area (Å²) in [4.78, 5) is 32.9. The van der Waals surface area contributed by atoms with Gasteiger partial charge in [0.15, 0.2) is 0 Å². The first-order valence-electron chi connectivity index (χ1n) is 9.36. The van der Waals surface area contributed by atoms with Crippen molar-refractivity contribution in [3.8, 4) is 11.5 Å². The highest BCUT2D eigenvalue weighted by Crippen LogP contribution is 2.39. The number of hydrogen-bond donors (Lipinski definition) is 4. The number of carboxylic acids is 1. The van der Waals surface area contributed by atoms with Crippen molar-refractivity contribution in [2.45, 2.75) is 25.5 Å². The summed E-state index contributed by atoms with van der Waals surface area (Å²) in [6, 6.07) is 3.24. The molecule has 2 aliphatic heterocycles. The first-order chi connectivity index (χ1) is 14.2. The van der Waals surface area contributed by atoms with Gasteiger partial charge in [0.25, 0.3) is 0 Å². The number of benzene rings is 1. The first kappa shape index (κ1) is 20.0. The SMILES string of the molecule is CC1=CB(O)Oc2c1ccc(OC1CN(C(=O)C(C)(N)c3cnc[nH]3)C1)c2C(=O)O. The second-order valence-corrected chi connectivity index (χ2v) is 7.60. The number of hydrogen-bond acceptors (Lipinski definition) is 7. The molecule has 4 rings (SSSR count). The van der Waals surface area contributed by atoms with Crippen molar-refractivity contribution in [1.29, 1.82) is 0 Å². The fraction of sp³-hybridized carbons (Fsp3) is 0.316. The summed E-state index contributed by atoms with van der Waals surface area (Å²) in [5, 5.41) is 19.5. The number of carboxylic acid groups (broad SMARTS) is 1. The van der Waals surface area contributed by atoms with Gasteiger partial charge in [0.2, 0.25) is 5.91 Å². The van der Waals surface area contributed by atoms with E-state index in [2.05, 4.69) is 9.97 Å². The minimum atomic E-state index is -1.26. The molecule has 10 nitrogen and oxygen atoms in total. The molecule has 1 fully saturated rings. The molecule has 30 heavy (non-hydrogen) atoms. The molecule has 0 spiro atoms. The van der Waals surface area contributed by atoms with Gasteiger partial charge in [0.1, 0.15) is 28.7 Å². The highest BCUT2D eigenvalue weighted by atomic mass is 16.5. The molecule has 1 unspecified atom stereocenters. The molecule has 1 aromatic carbocycles. The Morgan fingerprint density at radius 2 is 2.17 bits per heavy atom. The number of nitrogens with one attached hydrogen (secondary N) is 1. The standard InChI is InChI=1S/C19H21BN4O6/c1-10-5-20(28)30-16-12(10)3-4-13(15(16)17(25)26)29-11-7-24(8-11)18(27)19(2,21)14-6-22-9-23-14/h3-6,9,11,28H,7-8,21H2,1-2H3,(H,22,23)(H,25,26). The minimum Gasteiger partial charge on any atom is -0.532 e. The van der Waals surface area contributed by atoms with E-state index in [0.29, 0.717) is 16.8 Å². The van der Waals surface area contributed by atoms with Gasteiger partial charge in [0, 0.05) is 5.56 Å². The Morgan fingerprint density at radius 3 is 2.80 bits per heavy atom. The molecule has 0 radical (unpaired) electrons. The Morgan fingerprint density at radius 1 is 1.43 bits per heavy atom. The number of ether oxygens (including phenoxy) is 1. The molecule has 2 aliphatic rings. The zero-order chi connectivity index (χ0) is 21.6. The van der Waals surface area contributed by atoms with Crippen LogP contribution in [0.1, 0.15) is 35.5 Å². The van der Waals surface area contributed by atoms with Gasteiger partial charge in [-0.05, 0) is 37.5 Å². The smallest absolute Gasteiger partial charge is 0.532 e. The predicted molar refractivity (Wildman–Crippen MR) is 107 cm³/mol. The molecule has 1 aromatic heterocycles. The van der Waals surface area contributed by atoms with Crippen molar-refractivity contribution in [1.82, 2.24) is 14.9 Å². The van der Waals surface area contributed by atoms with Crippen LogP contribution in [0.2, 0.25) is 0 Å².